The fraction of sp³-hybridized carbons (Fsp3) is 0.154. The van der Waals surface area contributed by atoms with Crippen molar-refractivity contribution < 1.29 is 27.6 Å². The number of amides is 1. The van der Waals surface area contributed by atoms with Gasteiger partial charge in [0.15, 0.2) is 18.2 Å². The van der Waals surface area contributed by atoms with Crippen LogP contribution >= 0.6 is 0 Å². The highest BCUT2D eigenvalue weighted by atomic mass is 19.2. The second-order valence-electron chi connectivity index (χ2n) is 4.09. The van der Waals surface area contributed by atoms with Gasteiger partial charge in [0.25, 0.3) is 5.91 Å². The maximum atomic E-state index is 12.9. The number of carbonyl (C=O) groups excluding carboxylic acids is 2. The van der Waals surface area contributed by atoms with Gasteiger partial charge in [-0.25, -0.2) is 13.6 Å². The highest BCUT2D eigenvalue weighted by Gasteiger charge is 2.13. The molecule has 21 heavy (non-hydrogen) atoms. The molecular formula is C13H10F2N2O4. The number of hydrogen-bond acceptors (Lipinski definition) is 5. The number of aromatic nitrogens is 1. The molecule has 2 rings (SSSR count). The number of hydrogen-bond donors (Lipinski definition) is 1. The Morgan fingerprint density at radius 1 is 1.29 bits per heavy atom. The number of carbonyl (C=O) groups is 2. The van der Waals surface area contributed by atoms with Crippen LogP contribution in [0.4, 0.5) is 14.7 Å². The Bertz CT molecular complexity index is 685. The van der Waals surface area contributed by atoms with E-state index >= 15 is 0 Å². The Morgan fingerprint density at radius 2 is 2.05 bits per heavy atom. The second-order valence-corrected chi connectivity index (χ2v) is 4.09. The van der Waals surface area contributed by atoms with Gasteiger partial charge in [-0.3, -0.25) is 10.1 Å². The van der Waals surface area contributed by atoms with E-state index < -0.39 is 30.1 Å². The molecule has 0 fully saturated rings. The average molecular weight is 296 g/mol. The molecule has 2 aromatic rings. The Hall–Kier alpha value is -2.77. The first-order chi connectivity index (χ1) is 9.95. The lowest BCUT2D eigenvalue weighted by atomic mass is 10.2. The fourth-order valence-electron chi connectivity index (χ4n) is 1.43. The summed E-state index contributed by atoms with van der Waals surface area (Å²) < 4.78 is 35.1. The van der Waals surface area contributed by atoms with Crippen molar-refractivity contribution in [2.45, 2.75) is 6.92 Å². The van der Waals surface area contributed by atoms with Gasteiger partial charge in [-0.1, -0.05) is 5.16 Å². The van der Waals surface area contributed by atoms with Crippen LogP contribution in [0.5, 0.6) is 0 Å². The normalized spacial score (nSPS) is 10.2. The van der Waals surface area contributed by atoms with E-state index in [0.717, 1.165) is 12.1 Å². The zero-order chi connectivity index (χ0) is 15.4. The largest absolute Gasteiger partial charge is 0.452 e. The topological polar surface area (TPSA) is 81.4 Å². The summed E-state index contributed by atoms with van der Waals surface area (Å²) in [5.41, 5.74) is 0.376. The van der Waals surface area contributed by atoms with Crippen molar-refractivity contribution >= 4 is 17.8 Å². The molecule has 1 amide bonds. The van der Waals surface area contributed by atoms with Crippen LogP contribution in [0, 0.1) is 18.6 Å². The summed E-state index contributed by atoms with van der Waals surface area (Å²) in [6, 6.07) is 4.02. The minimum atomic E-state index is -1.17. The Kier molecular flexibility index (Phi) is 4.27. The third-order valence-corrected chi connectivity index (χ3v) is 2.38. The van der Waals surface area contributed by atoms with Crippen molar-refractivity contribution in [3.8, 4) is 0 Å². The smallest absolute Gasteiger partial charge is 0.338 e. The highest BCUT2D eigenvalue weighted by Crippen LogP contribution is 2.10. The van der Waals surface area contributed by atoms with E-state index in [9.17, 15) is 18.4 Å². The monoisotopic (exact) mass is 296 g/mol. The number of esters is 1. The van der Waals surface area contributed by atoms with Crippen LogP contribution in [0.25, 0.3) is 0 Å². The summed E-state index contributed by atoms with van der Waals surface area (Å²) >= 11 is 0. The molecule has 0 saturated carbocycles. The molecule has 6 nitrogen and oxygen atoms in total. The second kappa shape index (κ2) is 6.12. The van der Waals surface area contributed by atoms with Crippen LogP contribution in [0.1, 0.15) is 16.1 Å². The van der Waals surface area contributed by atoms with E-state index in [1.807, 2.05) is 0 Å². The number of benzene rings is 1. The summed E-state index contributed by atoms with van der Waals surface area (Å²) in [7, 11) is 0. The lowest BCUT2D eigenvalue weighted by molar-refractivity contribution is -0.119. The first kappa shape index (κ1) is 14.6. The third kappa shape index (κ3) is 3.85. The summed E-state index contributed by atoms with van der Waals surface area (Å²) in [6.45, 7) is 1.07. The van der Waals surface area contributed by atoms with Gasteiger partial charge in [-0.15, -0.1) is 0 Å². The first-order valence-electron chi connectivity index (χ1n) is 5.81. The van der Waals surface area contributed by atoms with Crippen LogP contribution in [0.3, 0.4) is 0 Å². The summed E-state index contributed by atoms with van der Waals surface area (Å²) in [5.74, 6) is -3.74. The van der Waals surface area contributed by atoms with Gasteiger partial charge >= 0.3 is 5.97 Å². The summed E-state index contributed by atoms with van der Waals surface area (Å²) in [5, 5.41) is 5.87. The van der Waals surface area contributed by atoms with Gasteiger partial charge < -0.3 is 9.26 Å². The number of halogens is 2. The predicted molar refractivity (Wildman–Crippen MR) is 66.5 cm³/mol. The standard InChI is InChI=1S/C13H10F2N2O4/c1-7-4-12(21-17-7)16-11(18)6-20-13(19)8-2-3-9(14)10(15)5-8/h2-5H,6H2,1H3,(H,16,18). The molecule has 8 heteroatoms. The molecule has 0 saturated heterocycles. The zero-order valence-electron chi connectivity index (χ0n) is 10.9. The van der Waals surface area contributed by atoms with Crippen LogP contribution in [0.2, 0.25) is 0 Å². The van der Waals surface area contributed by atoms with Crippen molar-refractivity contribution in [1.29, 1.82) is 0 Å². The number of ether oxygens (including phenoxy) is 1. The number of nitrogens with one attached hydrogen (secondary N) is 1. The Morgan fingerprint density at radius 3 is 2.67 bits per heavy atom. The quantitative estimate of drug-likeness (QED) is 0.873. The van der Waals surface area contributed by atoms with E-state index in [1.54, 1.807) is 6.92 Å². The van der Waals surface area contributed by atoms with Gasteiger partial charge in [-0.05, 0) is 25.1 Å². The van der Waals surface area contributed by atoms with Crippen molar-refractivity contribution in [2.24, 2.45) is 0 Å². The van der Waals surface area contributed by atoms with Gasteiger partial charge in [0.1, 0.15) is 0 Å². The summed E-state index contributed by atoms with van der Waals surface area (Å²) in [6.07, 6.45) is 0. The molecule has 0 radical (unpaired) electrons. The van der Waals surface area contributed by atoms with Gasteiger partial charge in [0.2, 0.25) is 5.88 Å². The molecule has 0 aliphatic heterocycles. The molecular weight excluding hydrogens is 286 g/mol. The minimum absolute atomic E-state index is 0.112. The van der Waals surface area contributed by atoms with Gasteiger partial charge in [0, 0.05) is 6.07 Å². The Labute approximate surface area is 117 Å². The van der Waals surface area contributed by atoms with Gasteiger partial charge in [0.05, 0.1) is 11.3 Å². The molecule has 1 aromatic carbocycles. The molecule has 1 heterocycles. The number of anilines is 1. The van der Waals surface area contributed by atoms with Crippen molar-refractivity contribution in [3.63, 3.8) is 0 Å². The van der Waals surface area contributed by atoms with Crippen molar-refractivity contribution in [2.75, 3.05) is 11.9 Å². The average Bonchev–Trinajstić information content (AvgIpc) is 2.84. The van der Waals surface area contributed by atoms with Crippen LogP contribution in [0.15, 0.2) is 28.8 Å². The van der Waals surface area contributed by atoms with E-state index in [0.29, 0.717) is 11.8 Å². The SMILES string of the molecule is Cc1cc(NC(=O)COC(=O)c2ccc(F)c(F)c2)on1. The predicted octanol–water partition coefficient (Wildman–Crippen LogP) is 2.06. The molecule has 110 valence electrons. The van der Waals surface area contributed by atoms with Crippen LogP contribution < -0.4 is 5.32 Å². The van der Waals surface area contributed by atoms with Crippen molar-refractivity contribution in [3.05, 3.63) is 47.2 Å². The number of aryl methyl sites for hydroxylation is 1. The van der Waals surface area contributed by atoms with E-state index in [-0.39, 0.29) is 11.4 Å². The molecule has 0 bridgehead atoms. The molecule has 0 spiro atoms. The van der Waals surface area contributed by atoms with Crippen LogP contribution in [-0.2, 0) is 9.53 Å². The molecule has 1 aromatic heterocycles. The molecule has 0 aliphatic rings. The minimum Gasteiger partial charge on any atom is -0.452 e. The lowest BCUT2D eigenvalue weighted by Crippen LogP contribution is -2.20. The third-order valence-electron chi connectivity index (χ3n) is 2.38. The number of rotatable bonds is 4. The van der Waals surface area contributed by atoms with Crippen molar-refractivity contribution in [1.82, 2.24) is 5.16 Å². The molecule has 0 aliphatic carbocycles. The summed E-state index contributed by atoms with van der Waals surface area (Å²) in [4.78, 5) is 23.0. The van der Waals surface area contributed by atoms with E-state index in [1.165, 1.54) is 6.07 Å². The maximum Gasteiger partial charge on any atom is 0.338 e. The Balaban J connectivity index is 1.88. The maximum absolute atomic E-state index is 12.9. The molecule has 0 atom stereocenters. The number of nitrogens with zero attached hydrogens (tertiary/aromatic N) is 1. The van der Waals surface area contributed by atoms with E-state index in [2.05, 4.69) is 15.2 Å². The molecule has 0 unspecified atom stereocenters. The zero-order valence-corrected chi connectivity index (χ0v) is 10.9. The van der Waals surface area contributed by atoms with Gasteiger partial charge in [-0.2, -0.15) is 0 Å². The molecule has 1 N–H and O–H groups in total. The lowest BCUT2D eigenvalue weighted by Gasteiger charge is -2.04. The van der Waals surface area contributed by atoms with Crippen LogP contribution in [-0.4, -0.2) is 23.6 Å². The van der Waals surface area contributed by atoms with E-state index in [4.69, 9.17) is 4.52 Å². The first-order valence-corrected chi connectivity index (χ1v) is 5.81. The fourth-order valence-corrected chi connectivity index (χ4v) is 1.43. The highest BCUT2D eigenvalue weighted by molar-refractivity contribution is 5.94.